The fourth-order valence-corrected chi connectivity index (χ4v) is 2.10. The Morgan fingerprint density at radius 2 is 2.07 bits per heavy atom. The minimum Gasteiger partial charge on any atom is -0.447 e. The molecular formula is C11H9NO3. The van der Waals surface area contributed by atoms with E-state index in [4.69, 9.17) is 4.74 Å². The first-order valence-corrected chi connectivity index (χ1v) is 4.83. The van der Waals surface area contributed by atoms with Crippen LogP contribution in [0.1, 0.15) is 15.9 Å². The van der Waals surface area contributed by atoms with Crippen LogP contribution < -0.4 is 0 Å². The van der Waals surface area contributed by atoms with E-state index in [0.29, 0.717) is 6.54 Å². The molecule has 1 amide bonds. The second kappa shape index (κ2) is 2.82. The van der Waals surface area contributed by atoms with Gasteiger partial charge in [0.2, 0.25) is 0 Å². The minimum absolute atomic E-state index is 0.0114. The largest absolute Gasteiger partial charge is 0.447 e. The molecule has 1 unspecified atom stereocenters. The number of benzene rings is 1. The fourth-order valence-electron chi connectivity index (χ4n) is 2.10. The van der Waals surface area contributed by atoms with Gasteiger partial charge < -0.3 is 4.74 Å². The van der Waals surface area contributed by atoms with Gasteiger partial charge in [0.1, 0.15) is 12.6 Å². The maximum absolute atomic E-state index is 12.0. The monoisotopic (exact) mass is 203 g/mol. The zero-order chi connectivity index (χ0) is 10.4. The molecule has 0 bridgehead atoms. The summed E-state index contributed by atoms with van der Waals surface area (Å²) in [4.78, 5) is 24.8. The number of hydrogen-bond acceptors (Lipinski definition) is 3. The molecule has 4 heteroatoms. The molecule has 1 saturated heterocycles. The lowest BCUT2D eigenvalue weighted by molar-refractivity contribution is 0.0862. The van der Waals surface area contributed by atoms with E-state index in [0.717, 1.165) is 11.1 Å². The fraction of sp³-hybridized carbons (Fsp3) is 0.273. The normalized spacial score (nSPS) is 23.5. The van der Waals surface area contributed by atoms with Crippen molar-refractivity contribution in [3.05, 3.63) is 35.4 Å². The van der Waals surface area contributed by atoms with Crippen molar-refractivity contribution in [2.45, 2.75) is 12.6 Å². The van der Waals surface area contributed by atoms with Gasteiger partial charge in [-0.1, -0.05) is 24.3 Å². The quantitative estimate of drug-likeness (QED) is 0.636. The first-order valence-electron chi connectivity index (χ1n) is 4.83. The average molecular weight is 203 g/mol. The predicted molar refractivity (Wildman–Crippen MR) is 51.5 cm³/mol. The highest BCUT2D eigenvalue weighted by atomic mass is 16.6. The van der Waals surface area contributed by atoms with Crippen LogP contribution in [-0.4, -0.2) is 29.4 Å². The molecule has 1 aromatic carbocycles. The van der Waals surface area contributed by atoms with Gasteiger partial charge in [-0.3, -0.25) is 9.69 Å². The van der Waals surface area contributed by atoms with Crippen molar-refractivity contribution in [3.63, 3.8) is 0 Å². The Hall–Kier alpha value is -1.84. The summed E-state index contributed by atoms with van der Waals surface area (Å²) in [5, 5.41) is 0. The van der Waals surface area contributed by atoms with Crippen molar-refractivity contribution in [2.75, 3.05) is 6.61 Å². The number of fused-ring (bicyclic) bond motifs is 2. The molecular weight excluding hydrogens is 194 g/mol. The molecule has 76 valence electrons. The lowest BCUT2D eigenvalue weighted by Crippen LogP contribution is -2.43. The lowest BCUT2D eigenvalue weighted by Gasteiger charge is -2.27. The summed E-state index contributed by atoms with van der Waals surface area (Å²) in [5.74, 6) is -0.0114. The smallest absolute Gasteiger partial charge is 0.410 e. The highest BCUT2D eigenvalue weighted by Crippen LogP contribution is 2.27. The van der Waals surface area contributed by atoms with Crippen molar-refractivity contribution in [3.8, 4) is 0 Å². The molecule has 0 aliphatic carbocycles. The number of carbonyl (C=O) groups is 2. The Balaban J connectivity index is 2.10. The number of amides is 1. The summed E-state index contributed by atoms with van der Waals surface area (Å²) in [5.41, 5.74) is 1.62. The van der Waals surface area contributed by atoms with Crippen molar-refractivity contribution in [1.29, 1.82) is 0 Å². The van der Waals surface area contributed by atoms with Gasteiger partial charge in [-0.2, -0.15) is 0 Å². The highest BCUT2D eigenvalue weighted by molar-refractivity contribution is 6.04. The molecule has 4 nitrogen and oxygen atoms in total. The molecule has 0 aromatic heterocycles. The van der Waals surface area contributed by atoms with Crippen LogP contribution in [0.5, 0.6) is 0 Å². The molecule has 2 aliphatic rings. The third kappa shape index (κ3) is 1.08. The van der Waals surface area contributed by atoms with E-state index in [1.807, 2.05) is 18.2 Å². The maximum Gasteiger partial charge on any atom is 0.410 e. The van der Waals surface area contributed by atoms with E-state index in [-0.39, 0.29) is 18.5 Å². The number of carbonyl (C=O) groups excluding carboxylic acids is 2. The first kappa shape index (κ1) is 8.47. The van der Waals surface area contributed by atoms with Crippen LogP contribution in [-0.2, 0) is 11.3 Å². The molecule has 2 aliphatic heterocycles. The summed E-state index contributed by atoms with van der Waals surface area (Å²) < 4.78 is 4.87. The Kier molecular flexibility index (Phi) is 1.59. The molecule has 0 spiro atoms. The van der Waals surface area contributed by atoms with Gasteiger partial charge >= 0.3 is 6.09 Å². The highest BCUT2D eigenvalue weighted by Gasteiger charge is 2.42. The van der Waals surface area contributed by atoms with Gasteiger partial charge in [-0.25, -0.2) is 4.79 Å². The van der Waals surface area contributed by atoms with Crippen LogP contribution in [0.4, 0.5) is 4.79 Å². The Labute approximate surface area is 86.4 Å². The average Bonchev–Trinajstić information content (AvgIpc) is 2.62. The molecule has 15 heavy (non-hydrogen) atoms. The van der Waals surface area contributed by atoms with Gasteiger partial charge in [-0.05, 0) is 5.56 Å². The summed E-state index contributed by atoms with van der Waals surface area (Å²) in [6, 6.07) is 6.97. The number of nitrogens with zero attached hydrogens (tertiary/aromatic N) is 1. The number of Topliss-reactive ketones (excluding diaryl/α,β-unsaturated/α-hetero) is 1. The van der Waals surface area contributed by atoms with Gasteiger partial charge in [0, 0.05) is 5.56 Å². The predicted octanol–water partition coefficient (Wildman–Crippen LogP) is 1.20. The van der Waals surface area contributed by atoms with Crippen LogP contribution in [0.2, 0.25) is 0 Å². The number of hydrogen-bond donors (Lipinski definition) is 0. The van der Waals surface area contributed by atoms with E-state index >= 15 is 0 Å². The third-order valence-electron chi connectivity index (χ3n) is 2.90. The van der Waals surface area contributed by atoms with Crippen LogP contribution in [0.15, 0.2) is 24.3 Å². The third-order valence-corrected chi connectivity index (χ3v) is 2.90. The second-order valence-electron chi connectivity index (χ2n) is 3.74. The number of ketones is 1. The number of rotatable bonds is 0. The molecule has 1 fully saturated rings. The van der Waals surface area contributed by atoms with Crippen molar-refractivity contribution in [2.24, 2.45) is 0 Å². The first-order chi connectivity index (χ1) is 7.27. The summed E-state index contributed by atoms with van der Waals surface area (Å²) in [7, 11) is 0. The van der Waals surface area contributed by atoms with Crippen LogP contribution in [0, 0.1) is 0 Å². The van der Waals surface area contributed by atoms with E-state index < -0.39 is 6.04 Å². The molecule has 1 atom stereocenters. The minimum atomic E-state index is -0.410. The van der Waals surface area contributed by atoms with Gasteiger partial charge in [0.15, 0.2) is 5.78 Å². The Morgan fingerprint density at radius 1 is 1.27 bits per heavy atom. The van der Waals surface area contributed by atoms with Crippen LogP contribution >= 0.6 is 0 Å². The topological polar surface area (TPSA) is 46.6 Å². The van der Waals surface area contributed by atoms with Crippen molar-refractivity contribution >= 4 is 11.9 Å². The van der Waals surface area contributed by atoms with Gasteiger partial charge in [-0.15, -0.1) is 0 Å². The van der Waals surface area contributed by atoms with E-state index in [9.17, 15) is 9.59 Å². The van der Waals surface area contributed by atoms with E-state index in [1.165, 1.54) is 4.90 Å². The van der Waals surface area contributed by atoms with Crippen LogP contribution in [0.25, 0.3) is 0 Å². The zero-order valence-electron chi connectivity index (χ0n) is 7.97. The standard InChI is InChI=1S/C11H9NO3/c13-10-8-4-2-1-3-7(8)5-12-9(10)6-15-11(12)14/h1-4,9H,5-6H2. The van der Waals surface area contributed by atoms with E-state index in [1.54, 1.807) is 6.07 Å². The molecule has 0 radical (unpaired) electrons. The van der Waals surface area contributed by atoms with Gasteiger partial charge in [0.25, 0.3) is 0 Å². The van der Waals surface area contributed by atoms with Crippen LogP contribution in [0.3, 0.4) is 0 Å². The second-order valence-corrected chi connectivity index (χ2v) is 3.74. The molecule has 3 rings (SSSR count). The van der Waals surface area contributed by atoms with Crippen molar-refractivity contribution < 1.29 is 14.3 Å². The van der Waals surface area contributed by atoms with E-state index in [2.05, 4.69) is 0 Å². The van der Waals surface area contributed by atoms with Crippen molar-refractivity contribution in [1.82, 2.24) is 4.90 Å². The zero-order valence-corrected chi connectivity index (χ0v) is 7.97. The summed E-state index contributed by atoms with van der Waals surface area (Å²) in [6.45, 7) is 0.664. The maximum atomic E-state index is 12.0. The Morgan fingerprint density at radius 3 is 2.93 bits per heavy atom. The molecule has 1 aromatic rings. The number of ether oxygens (including phenoxy) is 1. The molecule has 2 heterocycles. The molecule has 0 saturated carbocycles. The lowest BCUT2D eigenvalue weighted by atomic mass is 9.94. The Bertz CT molecular complexity index is 455. The summed E-state index contributed by atoms with van der Waals surface area (Å²) >= 11 is 0. The van der Waals surface area contributed by atoms with Gasteiger partial charge in [0.05, 0.1) is 6.54 Å². The SMILES string of the molecule is O=C1c2ccccc2CN2C(=O)OCC12. The molecule has 0 N–H and O–H groups in total. The summed E-state index contributed by atoms with van der Waals surface area (Å²) in [6.07, 6.45) is -0.386. The number of cyclic esters (lactones) is 1.